The average Bonchev–Trinajstić information content (AvgIpc) is 2.56. The van der Waals surface area contributed by atoms with Crippen molar-refractivity contribution < 1.29 is 23.5 Å². The van der Waals surface area contributed by atoms with E-state index < -0.39 is 0 Å². The maximum Gasteiger partial charge on any atom is 0.423 e. The highest BCUT2D eigenvalue weighted by Crippen LogP contribution is 1.69. The molecule has 0 unspecified atom stereocenters. The largest absolute Gasteiger partial charge is 1.00 e. The molecule has 20 heteroatoms. The standard InChI is InChI=1S/5C2H3ClNS.5FH/c5*1-2(3)4-5;;;;;/h5*1H3;5*1H/q5*+1;;;;;/p-5. The van der Waals surface area contributed by atoms with E-state index in [9.17, 15) is 0 Å². The van der Waals surface area contributed by atoms with Crippen LogP contribution in [-0.4, -0.2) is 25.9 Å². The van der Waals surface area contributed by atoms with Crippen molar-refractivity contribution in [2.75, 3.05) is 0 Å². The van der Waals surface area contributed by atoms with Gasteiger partial charge in [0.2, 0.25) is 0 Å². The SMILES string of the molecule is CC(Cl)=[N+]=S.CC(Cl)=[N+]=S.CC(Cl)=[N+]=S.CC(Cl)=[N+]=S.CC(Cl)=[N+]=S.[F-].[F-].[F-].[F-].[F-]. The molecule has 0 aromatic rings. The first-order chi connectivity index (χ1) is 11.4. The number of rotatable bonds is 0. The van der Waals surface area contributed by atoms with Gasteiger partial charge in [-0.05, 0) is 0 Å². The Morgan fingerprint density at radius 1 is 0.367 bits per heavy atom. The minimum Gasteiger partial charge on any atom is -1.00 e. The average molecular weight is 638 g/mol. The van der Waals surface area contributed by atoms with E-state index in [2.05, 4.69) is 82.3 Å². The number of hydrogen-bond acceptors (Lipinski definition) is 5. The van der Waals surface area contributed by atoms with E-state index in [0.717, 1.165) is 0 Å². The fraction of sp³-hybridized carbons (Fsp3) is 0.500. The van der Waals surface area contributed by atoms with Crippen molar-refractivity contribution in [2.45, 2.75) is 34.6 Å². The summed E-state index contributed by atoms with van der Waals surface area (Å²) in [6, 6.07) is 0. The molecule has 0 saturated carbocycles. The van der Waals surface area contributed by atoms with Crippen LogP contribution in [0.25, 0.3) is 0 Å². The Hall–Kier alpha value is 0.100. The zero-order valence-electron chi connectivity index (χ0n) is 15.6. The van der Waals surface area contributed by atoms with Crippen LogP contribution in [0.3, 0.4) is 0 Å². The molecule has 0 heterocycles. The molecule has 0 aliphatic carbocycles. The van der Waals surface area contributed by atoms with Crippen LogP contribution in [0.2, 0.25) is 0 Å². The van der Waals surface area contributed by atoms with Crippen LogP contribution in [0.1, 0.15) is 34.6 Å². The summed E-state index contributed by atoms with van der Waals surface area (Å²) in [6.45, 7) is 8.17. The lowest BCUT2D eigenvalue weighted by Crippen LogP contribution is -3.00. The van der Waals surface area contributed by atoms with Crippen LogP contribution >= 0.6 is 58.0 Å². The van der Waals surface area contributed by atoms with Crippen LogP contribution in [0, 0.1) is 0 Å². The van der Waals surface area contributed by atoms with Crippen molar-refractivity contribution >= 4 is 146 Å². The fourth-order valence-electron chi connectivity index (χ4n) is 0. The highest BCUT2D eigenvalue weighted by atomic mass is 35.5. The van der Waals surface area contributed by atoms with Crippen molar-refractivity contribution in [3.8, 4) is 0 Å². The third-order valence-electron chi connectivity index (χ3n) is 0.629. The van der Waals surface area contributed by atoms with Gasteiger partial charge in [0.05, 0.1) is 34.6 Å². The molecule has 0 N–H and O–H groups in total. The number of hydrogen-bond donors (Lipinski definition) is 0. The van der Waals surface area contributed by atoms with Gasteiger partial charge in [-0.2, -0.15) is 0 Å². The van der Waals surface area contributed by atoms with Gasteiger partial charge in [-0.3, -0.25) is 0 Å². The molecule has 30 heavy (non-hydrogen) atoms. The highest BCUT2D eigenvalue weighted by Gasteiger charge is 1.86. The molecule has 0 atom stereocenters. The topological polar surface area (TPSA) is 70.5 Å². The minimum absolute atomic E-state index is 0. The predicted molar refractivity (Wildman–Crippen MR) is 130 cm³/mol. The summed E-state index contributed by atoms with van der Waals surface area (Å²) in [5.41, 5.74) is 0. The van der Waals surface area contributed by atoms with Gasteiger partial charge in [0, 0.05) is 78.2 Å². The summed E-state index contributed by atoms with van der Waals surface area (Å²) in [4.78, 5) is 0. The van der Waals surface area contributed by atoms with Crippen LogP contribution in [-0.2, 0) is 62.1 Å². The molecular weight excluding hydrogens is 623 g/mol. The number of nitrogens with zero attached hydrogens (tertiary/aromatic N) is 5. The molecule has 180 valence electrons. The zero-order chi connectivity index (χ0) is 21.4. The van der Waals surface area contributed by atoms with E-state index >= 15 is 0 Å². The van der Waals surface area contributed by atoms with Crippen molar-refractivity contribution in [1.82, 2.24) is 20.2 Å². The van der Waals surface area contributed by atoms with Crippen LogP contribution in [0.5, 0.6) is 0 Å². The van der Waals surface area contributed by atoms with Gasteiger partial charge >= 0.3 is 88.0 Å². The predicted octanol–water partition coefficient (Wildman–Crippen LogP) is -12.8. The quantitative estimate of drug-likeness (QED) is 0.150. The molecule has 0 aliphatic rings. The van der Waals surface area contributed by atoms with Crippen LogP contribution < -0.4 is 43.7 Å². The van der Waals surface area contributed by atoms with E-state index in [0.29, 0.717) is 25.9 Å². The highest BCUT2D eigenvalue weighted by molar-refractivity contribution is 7.47. The molecule has 0 aromatic carbocycles. The Kier molecular flexibility index (Phi) is 120. The summed E-state index contributed by atoms with van der Waals surface area (Å²) in [5, 5.41) is 2.08. The molecule has 0 saturated heterocycles. The van der Waals surface area contributed by atoms with Crippen molar-refractivity contribution in [1.29, 1.82) is 0 Å². The van der Waals surface area contributed by atoms with Gasteiger partial charge in [0.1, 0.15) is 0 Å². The second kappa shape index (κ2) is 56.9. The Labute approximate surface area is 222 Å². The Morgan fingerprint density at radius 2 is 0.400 bits per heavy atom. The van der Waals surface area contributed by atoms with E-state index in [1.165, 1.54) is 0 Å². The molecule has 0 spiro atoms. The summed E-state index contributed by atoms with van der Waals surface area (Å²) in [5.74, 6) is 0. The van der Waals surface area contributed by atoms with Gasteiger partial charge in [-0.15, -0.1) is 0 Å². The van der Waals surface area contributed by atoms with Gasteiger partial charge in [-0.25, -0.2) is 0 Å². The normalized spacial score (nSPS) is 5.00. The molecular formula is C10H15Cl5F5N5S5. The molecule has 0 aromatic heterocycles. The first-order valence-electron chi connectivity index (χ1n) is 5.48. The molecule has 0 aliphatic heterocycles. The van der Waals surface area contributed by atoms with E-state index in [4.69, 9.17) is 58.0 Å². The first kappa shape index (κ1) is 63.1. The molecule has 0 bridgehead atoms. The molecule has 0 amide bonds. The molecule has 0 fully saturated rings. The third kappa shape index (κ3) is 202. The lowest BCUT2D eigenvalue weighted by molar-refractivity contribution is -0.00100. The van der Waals surface area contributed by atoms with Crippen molar-refractivity contribution in [3.63, 3.8) is 0 Å². The van der Waals surface area contributed by atoms with Gasteiger partial charge in [-0.1, -0.05) is 0 Å². The molecule has 0 radical (unpaired) electrons. The van der Waals surface area contributed by atoms with Crippen LogP contribution in [0.4, 0.5) is 0 Å². The summed E-state index contributed by atoms with van der Waals surface area (Å²) >= 11 is 46.2. The summed E-state index contributed by atoms with van der Waals surface area (Å²) in [6.07, 6.45) is 0. The third-order valence-corrected chi connectivity index (χ3v) is 2.92. The second-order valence-corrected chi connectivity index (χ2v) is 6.59. The lowest BCUT2D eigenvalue weighted by Gasteiger charge is -1.42. The summed E-state index contributed by atoms with van der Waals surface area (Å²) in [7, 11) is 0. The molecule has 5 nitrogen and oxygen atoms in total. The van der Waals surface area contributed by atoms with Gasteiger partial charge < -0.3 is 23.5 Å². The maximum absolute atomic E-state index is 5.11. The Bertz CT molecular complexity index is 496. The number of halogens is 10. The Balaban J connectivity index is -0.0000000200. The summed E-state index contributed by atoms with van der Waals surface area (Å²) < 4.78 is 15.8. The Morgan fingerprint density at radius 3 is 0.400 bits per heavy atom. The van der Waals surface area contributed by atoms with Crippen LogP contribution in [0.15, 0.2) is 0 Å². The van der Waals surface area contributed by atoms with E-state index in [-0.39, 0.29) is 23.5 Å². The van der Waals surface area contributed by atoms with Gasteiger partial charge in [0.15, 0.2) is 0 Å². The van der Waals surface area contributed by atoms with Gasteiger partial charge in [0.25, 0.3) is 0 Å². The first-order valence-corrected chi connectivity index (χ1v) is 9.19. The molecule has 0 rings (SSSR count). The van der Waals surface area contributed by atoms with Crippen molar-refractivity contribution in [3.05, 3.63) is 0 Å². The van der Waals surface area contributed by atoms with Crippen molar-refractivity contribution in [2.24, 2.45) is 0 Å². The maximum atomic E-state index is 5.11. The smallest absolute Gasteiger partial charge is 0.423 e. The van der Waals surface area contributed by atoms with E-state index in [1.54, 1.807) is 34.6 Å². The lowest BCUT2D eigenvalue weighted by atomic mass is 10.9. The van der Waals surface area contributed by atoms with E-state index in [1.807, 2.05) is 0 Å². The monoisotopic (exact) mass is 635 g/mol. The fourth-order valence-corrected chi connectivity index (χ4v) is 0. The zero-order valence-corrected chi connectivity index (χ0v) is 23.4. The second-order valence-electron chi connectivity index (χ2n) is 2.94. The minimum atomic E-state index is 0.